The van der Waals surface area contributed by atoms with E-state index in [1.807, 2.05) is 12.2 Å². The van der Waals surface area contributed by atoms with Crippen molar-refractivity contribution < 1.29 is 4.79 Å². The molecule has 0 atom stereocenters. The summed E-state index contributed by atoms with van der Waals surface area (Å²) in [5.74, 6) is 5.61. The van der Waals surface area contributed by atoms with Gasteiger partial charge < -0.3 is 11.1 Å². The largest absolute Gasteiger partial charge is 0.366 e. The summed E-state index contributed by atoms with van der Waals surface area (Å²) in [5.41, 5.74) is 8.99. The van der Waals surface area contributed by atoms with Gasteiger partial charge in [-0.15, -0.1) is 0 Å². The van der Waals surface area contributed by atoms with Crippen LogP contribution in [0.5, 0.6) is 0 Å². The number of carbonyl (C=O) groups excluding carboxylic acids is 1. The minimum atomic E-state index is -0.426. The molecule has 1 amide bonds. The second kappa shape index (κ2) is 7.63. The molecule has 3 heteroatoms. The minimum Gasteiger partial charge on any atom is -0.366 e. The van der Waals surface area contributed by atoms with E-state index in [1.165, 1.54) is 18.4 Å². The quantitative estimate of drug-likeness (QED) is 0.833. The predicted molar refractivity (Wildman–Crippen MR) is 97.2 cm³/mol. The summed E-state index contributed by atoms with van der Waals surface area (Å²) < 4.78 is 0. The predicted octanol–water partition coefficient (Wildman–Crippen LogP) is 3.10. The molecule has 1 aliphatic rings. The molecule has 3 nitrogen and oxygen atoms in total. The molecule has 3 rings (SSSR count). The van der Waals surface area contributed by atoms with Gasteiger partial charge in [-0.1, -0.05) is 36.1 Å². The maximum absolute atomic E-state index is 11.0. The lowest BCUT2D eigenvalue weighted by Gasteiger charge is -2.02. The fourth-order valence-electron chi connectivity index (χ4n) is 2.28. The van der Waals surface area contributed by atoms with Crippen LogP contribution in [-0.2, 0) is 6.54 Å². The molecule has 2 aromatic carbocycles. The lowest BCUT2D eigenvalue weighted by atomic mass is 10.1. The molecule has 0 aliphatic heterocycles. The van der Waals surface area contributed by atoms with Crippen molar-refractivity contribution in [3.63, 3.8) is 0 Å². The van der Waals surface area contributed by atoms with Crippen molar-refractivity contribution in [2.45, 2.75) is 25.4 Å². The second-order valence-corrected chi connectivity index (χ2v) is 5.94. The van der Waals surface area contributed by atoms with Gasteiger partial charge in [0.05, 0.1) is 0 Å². The van der Waals surface area contributed by atoms with Gasteiger partial charge in [0.25, 0.3) is 0 Å². The van der Waals surface area contributed by atoms with E-state index in [1.54, 1.807) is 24.3 Å². The maximum Gasteiger partial charge on any atom is 0.248 e. The number of allylic oxidation sites excluding steroid dienone is 1. The number of primary amides is 1. The highest BCUT2D eigenvalue weighted by Crippen LogP contribution is 2.19. The molecule has 1 aliphatic carbocycles. The average Bonchev–Trinajstić information content (AvgIpc) is 3.43. The molecule has 0 unspecified atom stereocenters. The normalized spacial score (nSPS) is 13.5. The molecule has 120 valence electrons. The van der Waals surface area contributed by atoms with Crippen molar-refractivity contribution in [1.29, 1.82) is 0 Å². The van der Waals surface area contributed by atoms with Gasteiger partial charge in [-0.3, -0.25) is 4.79 Å². The smallest absolute Gasteiger partial charge is 0.248 e. The summed E-state index contributed by atoms with van der Waals surface area (Å²) >= 11 is 0. The van der Waals surface area contributed by atoms with Crippen LogP contribution in [0.4, 0.5) is 0 Å². The molecule has 24 heavy (non-hydrogen) atoms. The monoisotopic (exact) mass is 316 g/mol. The second-order valence-electron chi connectivity index (χ2n) is 5.94. The van der Waals surface area contributed by atoms with Crippen LogP contribution in [0.1, 0.15) is 39.9 Å². The van der Waals surface area contributed by atoms with E-state index in [0.29, 0.717) is 5.56 Å². The number of nitrogens with two attached hydrogens (primary N) is 1. The van der Waals surface area contributed by atoms with Gasteiger partial charge >= 0.3 is 0 Å². The van der Waals surface area contributed by atoms with E-state index >= 15 is 0 Å². The van der Waals surface area contributed by atoms with Crippen molar-refractivity contribution in [2.75, 3.05) is 0 Å². The van der Waals surface area contributed by atoms with E-state index in [0.717, 1.165) is 23.7 Å². The number of rotatable bonds is 5. The summed E-state index contributed by atoms with van der Waals surface area (Å²) in [4.78, 5) is 11.0. The van der Waals surface area contributed by atoms with Gasteiger partial charge in [0.1, 0.15) is 0 Å². The number of hydrogen-bond acceptors (Lipinski definition) is 2. The highest BCUT2D eigenvalue weighted by molar-refractivity contribution is 5.92. The molecule has 1 fully saturated rings. The van der Waals surface area contributed by atoms with Gasteiger partial charge in [-0.2, -0.15) is 0 Å². The van der Waals surface area contributed by atoms with Crippen LogP contribution in [-0.4, -0.2) is 11.9 Å². The Morgan fingerprint density at radius 1 is 1.12 bits per heavy atom. The van der Waals surface area contributed by atoms with Crippen molar-refractivity contribution >= 4 is 12.0 Å². The van der Waals surface area contributed by atoms with Crippen LogP contribution in [0, 0.1) is 11.8 Å². The Morgan fingerprint density at radius 2 is 1.83 bits per heavy atom. The van der Waals surface area contributed by atoms with Crippen LogP contribution in [0.2, 0.25) is 0 Å². The first-order valence-corrected chi connectivity index (χ1v) is 8.11. The highest BCUT2D eigenvalue weighted by atomic mass is 16.1. The molecular formula is C21H20N2O. The van der Waals surface area contributed by atoms with Crippen LogP contribution >= 0.6 is 0 Å². The Kier molecular flexibility index (Phi) is 5.10. The summed E-state index contributed by atoms with van der Waals surface area (Å²) in [7, 11) is 0. The number of nitrogens with one attached hydrogen (secondary N) is 1. The third kappa shape index (κ3) is 4.84. The van der Waals surface area contributed by atoms with E-state index in [9.17, 15) is 4.79 Å². The Balaban J connectivity index is 1.54. The summed E-state index contributed by atoms with van der Waals surface area (Å²) in [6.07, 6.45) is 6.44. The Hall–Kier alpha value is -2.83. The molecule has 2 aromatic rings. The summed E-state index contributed by atoms with van der Waals surface area (Å²) in [5, 5.41) is 3.50. The lowest BCUT2D eigenvalue weighted by molar-refractivity contribution is 0.100. The Morgan fingerprint density at radius 3 is 2.46 bits per heavy atom. The first kappa shape index (κ1) is 16.0. The van der Waals surface area contributed by atoms with E-state index in [2.05, 4.69) is 41.4 Å². The summed E-state index contributed by atoms with van der Waals surface area (Å²) in [6, 6.07) is 16.2. The number of carbonyl (C=O) groups is 1. The molecule has 0 aromatic heterocycles. The number of amides is 1. The van der Waals surface area contributed by atoms with Gasteiger partial charge in [-0.25, -0.2) is 0 Å². The van der Waals surface area contributed by atoms with Crippen LogP contribution in [0.15, 0.2) is 54.6 Å². The number of hydrogen-bond donors (Lipinski definition) is 2. The molecule has 3 N–H and O–H groups in total. The van der Waals surface area contributed by atoms with Crippen LogP contribution in [0.25, 0.3) is 6.08 Å². The van der Waals surface area contributed by atoms with E-state index in [4.69, 9.17) is 5.73 Å². The van der Waals surface area contributed by atoms with Gasteiger partial charge in [0, 0.05) is 23.7 Å². The first-order chi connectivity index (χ1) is 11.7. The Bertz CT molecular complexity index is 788. The average molecular weight is 316 g/mol. The van der Waals surface area contributed by atoms with Gasteiger partial charge in [0.15, 0.2) is 0 Å². The third-order valence-electron chi connectivity index (χ3n) is 3.90. The van der Waals surface area contributed by atoms with Gasteiger partial charge in [0.2, 0.25) is 5.91 Å². The molecule has 0 heterocycles. The van der Waals surface area contributed by atoms with Crippen molar-refractivity contribution in [3.8, 4) is 11.8 Å². The third-order valence-corrected chi connectivity index (χ3v) is 3.90. The SMILES string of the molecule is NC(=O)c1ccc(C#C/C=C/c2ccc(CNC3CC3)cc2)cc1. The van der Waals surface area contributed by atoms with Gasteiger partial charge in [-0.05, 0) is 60.4 Å². The molecular weight excluding hydrogens is 296 g/mol. The lowest BCUT2D eigenvalue weighted by Crippen LogP contribution is -2.14. The van der Waals surface area contributed by atoms with E-state index < -0.39 is 5.91 Å². The van der Waals surface area contributed by atoms with Crippen LogP contribution in [0.3, 0.4) is 0 Å². The molecule has 1 saturated carbocycles. The zero-order chi connectivity index (χ0) is 16.8. The van der Waals surface area contributed by atoms with Crippen molar-refractivity contribution in [2.24, 2.45) is 5.73 Å². The minimum absolute atomic E-state index is 0.426. The summed E-state index contributed by atoms with van der Waals surface area (Å²) in [6.45, 7) is 0.940. The van der Waals surface area contributed by atoms with Crippen molar-refractivity contribution in [1.82, 2.24) is 5.32 Å². The zero-order valence-electron chi connectivity index (χ0n) is 13.5. The molecule has 0 saturated heterocycles. The standard InChI is InChI=1S/C21H20N2O/c22-21(24)19-11-9-17(10-12-19)4-2-1-3-16-5-7-18(8-6-16)15-23-20-13-14-20/h1,3,5-12,20,23H,13-15H2,(H2,22,24)/b3-1+. The van der Waals surface area contributed by atoms with Crippen LogP contribution < -0.4 is 11.1 Å². The molecule has 0 radical (unpaired) electrons. The van der Waals surface area contributed by atoms with Crippen molar-refractivity contribution in [3.05, 3.63) is 76.9 Å². The molecule has 0 bridgehead atoms. The fourth-order valence-corrected chi connectivity index (χ4v) is 2.28. The zero-order valence-corrected chi connectivity index (χ0v) is 13.5. The topological polar surface area (TPSA) is 55.1 Å². The molecule has 0 spiro atoms. The fraction of sp³-hybridized carbons (Fsp3) is 0.190. The maximum atomic E-state index is 11.0. The number of benzene rings is 2. The Labute approximate surface area is 142 Å². The van der Waals surface area contributed by atoms with E-state index in [-0.39, 0.29) is 0 Å². The first-order valence-electron chi connectivity index (χ1n) is 8.11. The highest BCUT2D eigenvalue weighted by Gasteiger charge is 2.19.